The lowest BCUT2D eigenvalue weighted by Gasteiger charge is -2.40. The number of nitrogens with one attached hydrogen (secondary N) is 1. The summed E-state index contributed by atoms with van der Waals surface area (Å²) in [6.07, 6.45) is 0. The first-order chi connectivity index (χ1) is 9.85. The van der Waals surface area contributed by atoms with Gasteiger partial charge in [-0.1, -0.05) is 24.3 Å². The van der Waals surface area contributed by atoms with E-state index in [1.54, 1.807) is 4.31 Å². The van der Waals surface area contributed by atoms with E-state index in [0.29, 0.717) is 19.8 Å². The van der Waals surface area contributed by atoms with Gasteiger partial charge in [0.25, 0.3) is 0 Å². The molecule has 0 spiro atoms. The topological polar surface area (TPSA) is 58.6 Å². The number of morpholine rings is 1. The zero-order valence-electron chi connectivity index (χ0n) is 12.9. The van der Waals surface area contributed by atoms with Crippen LogP contribution >= 0.6 is 0 Å². The van der Waals surface area contributed by atoms with Gasteiger partial charge < -0.3 is 10.1 Å². The third kappa shape index (κ3) is 4.03. The molecular weight excluding hydrogens is 288 g/mol. The minimum atomic E-state index is -3.34. The van der Waals surface area contributed by atoms with Crippen LogP contribution < -0.4 is 5.32 Å². The number of sulfonamides is 1. The van der Waals surface area contributed by atoms with Crippen LogP contribution in [0.5, 0.6) is 0 Å². The van der Waals surface area contributed by atoms with Crippen LogP contribution in [0.25, 0.3) is 0 Å². The first-order valence-corrected chi connectivity index (χ1v) is 8.77. The molecule has 1 heterocycles. The summed E-state index contributed by atoms with van der Waals surface area (Å²) in [4.78, 5) is 0. The van der Waals surface area contributed by atoms with E-state index in [1.165, 1.54) is 0 Å². The van der Waals surface area contributed by atoms with E-state index in [2.05, 4.69) is 5.32 Å². The van der Waals surface area contributed by atoms with Crippen molar-refractivity contribution in [3.8, 4) is 0 Å². The summed E-state index contributed by atoms with van der Waals surface area (Å²) >= 11 is 0. The smallest absolute Gasteiger partial charge is 0.218 e. The van der Waals surface area contributed by atoms with Crippen LogP contribution in [0.15, 0.2) is 24.3 Å². The summed E-state index contributed by atoms with van der Waals surface area (Å²) < 4.78 is 32.4. The van der Waals surface area contributed by atoms with Gasteiger partial charge in [-0.25, -0.2) is 8.42 Å². The van der Waals surface area contributed by atoms with Crippen molar-refractivity contribution in [2.24, 2.45) is 0 Å². The molecule has 2 rings (SSSR count). The van der Waals surface area contributed by atoms with Crippen molar-refractivity contribution in [2.75, 3.05) is 26.8 Å². The van der Waals surface area contributed by atoms with E-state index in [1.807, 2.05) is 45.2 Å². The minimum Gasteiger partial charge on any atom is -0.378 e. The Morgan fingerprint density at radius 3 is 2.71 bits per heavy atom. The van der Waals surface area contributed by atoms with Gasteiger partial charge in [0.15, 0.2) is 0 Å². The second-order valence-electron chi connectivity index (χ2n) is 6.04. The standard InChI is InChI=1S/C15H24N2O3S/c1-15(2)12-20-8-7-17(15)21(18,19)11-14-6-4-5-13(9-14)10-16-3/h4-6,9,16H,7-8,10-12H2,1-3H3. The van der Waals surface area contributed by atoms with Crippen molar-refractivity contribution < 1.29 is 13.2 Å². The van der Waals surface area contributed by atoms with Crippen molar-refractivity contribution in [1.29, 1.82) is 0 Å². The Morgan fingerprint density at radius 1 is 1.33 bits per heavy atom. The molecule has 1 fully saturated rings. The van der Waals surface area contributed by atoms with E-state index in [4.69, 9.17) is 4.74 Å². The van der Waals surface area contributed by atoms with Gasteiger partial charge in [0.1, 0.15) is 0 Å². The summed E-state index contributed by atoms with van der Waals surface area (Å²) in [6, 6.07) is 7.71. The number of hydrogen-bond acceptors (Lipinski definition) is 4. The Kier molecular flexibility index (Phi) is 5.03. The van der Waals surface area contributed by atoms with Gasteiger partial charge in [-0.15, -0.1) is 0 Å². The third-order valence-electron chi connectivity index (χ3n) is 3.63. The quantitative estimate of drug-likeness (QED) is 0.891. The molecular formula is C15H24N2O3S. The van der Waals surface area contributed by atoms with Crippen molar-refractivity contribution in [1.82, 2.24) is 9.62 Å². The maximum Gasteiger partial charge on any atom is 0.218 e. The molecule has 1 aromatic carbocycles. The number of benzene rings is 1. The van der Waals surface area contributed by atoms with Crippen LogP contribution in [-0.2, 0) is 27.1 Å². The molecule has 1 aliphatic heterocycles. The van der Waals surface area contributed by atoms with Crippen molar-refractivity contribution in [3.05, 3.63) is 35.4 Å². The van der Waals surface area contributed by atoms with Crippen molar-refractivity contribution >= 4 is 10.0 Å². The molecule has 1 aliphatic rings. The minimum absolute atomic E-state index is 0.0357. The monoisotopic (exact) mass is 312 g/mol. The molecule has 6 heteroatoms. The van der Waals surface area contributed by atoms with Crippen LogP contribution in [-0.4, -0.2) is 45.1 Å². The lowest BCUT2D eigenvalue weighted by Crippen LogP contribution is -2.55. The third-order valence-corrected chi connectivity index (χ3v) is 5.67. The fourth-order valence-electron chi connectivity index (χ4n) is 2.68. The number of nitrogens with zero attached hydrogens (tertiary/aromatic N) is 1. The van der Waals surface area contributed by atoms with E-state index in [0.717, 1.165) is 17.7 Å². The van der Waals surface area contributed by atoms with E-state index in [-0.39, 0.29) is 5.75 Å². The van der Waals surface area contributed by atoms with Crippen LogP contribution in [0.1, 0.15) is 25.0 Å². The molecule has 0 bridgehead atoms. The molecule has 1 aromatic rings. The van der Waals surface area contributed by atoms with Gasteiger partial charge in [0.2, 0.25) is 10.0 Å². The summed E-state index contributed by atoms with van der Waals surface area (Å²) in [5, 5.41) is 3.07. The first-order valence-electron chi connectivity index (χ1n) is 7.16. The summed E-state index contributed by atoms with van der Waals surface area (Å²) in [5.74, 6) is 0.0357. The Bertz CT molecular complexity index is 584. The lowest BCUT2D eigenvalue weighted by molar-refractivity contribution is -0.00777. The first kappa shape index (κ1) is 16.4. The zero-order valence-corrected chi connectivity index (χ0v) is 13.7. The van der Waals surface area contributed by atoms with Gasteiger partial charge in [0.05, 0.1) is 24.5 Å². The highest BCUT2D eigenvalue weighted by molar-refractivity contribution is 7.88. The fraction of sp³-hybridized carbons (Fsp3) is 0.600. The van der Waals surface area contributed by atoms with Gasteiger partial charge in [-0.2, -0.15) is 4.31 Å². The Labute approximate surface area is 127 Å². The second-order valence-corrected chi connectivity index (χ2v) is 7.94. The van der Waals surface area contributed by atoms with Crippen molar-refractivity contribution in [3.63, 3.8) is 0 Å². The van der Waals surface area contributed by atoms with Gasteiger partial charge in [0, 0.05) is 13.1 Å². The molecule has 0 atom stereocenters. The summed E-state index contributed by atoms with van der Waals surface area (Å²) in [7, 11) is -1.47. The molecule has 0 amide bonds. The molecule has 118 valence electrons. The molecule has 1 N–H and O–H groups in total. The molecule has 0 saturated carbocycles. The number of rotatable bonds is 5. The highest BCUT2D eigenvalue weighted by Gasteiger charge is 2.38. The predicted molar refractivity (Wildman–Crippen MR) is 83.4 cm³/mol. The molecule has 0 radical (unpaired) electrons. The SMILES string of the molecule is CNCc1cccc(CS(=O)(=O)N2CCOCC2(C)C)c1. The molecule has 5 nitrogen and oxygen atoms in total. The Morgan fingerprint density at radius 2 is 2.05 bits per heavy atom. The maximum absolute atomic E-state index is 12.7. The normalized spacial score (nSPS) is 19.6. The average Bonchev–Trinajstić information content (AvgIpc) is 2.38. The largest absolute Gasteiger partial charge is 0.378 e. The fourth-order valence-corrected chi connectivity index (χ4v) is 4.60. The Hall–Kier alpha value is -0.950. The maximum atomic E-state index is 12.7. The van der Waals surface area contributed by atoms with Gasteiger partial charge in [-0.05, 0) is 32.0 Å². The number of ether oxygens (including phenoxy) is 1. The van der Waals surface area contributed by atoms with Gasteiger partial charge in [-0.3, -0.25) is 0 Å². The highest BCUT2D eigenvalue weighted by atomic mass is 32.2. The second kappa shape index (κ2) is 6.44. The van der Waals surface area contributed by atoms with Crippen LogP contribution in [0.2, 0.25) is 0 Å². The Balaban J connectivity index is 2.19. The van der Waals surface area contributed by atoms with E-state index >= 15 is 0 Å². The highest BCUT2D eigenvalue weighted by Crippen LogP contribution is 2.25. The van der Waals surface area contributed by atoms with E-state index < -0.39 is 15.6 Å². The average molecular weight is 312 g/mol. The molecule has 21 heavy (non-hydrogen) atoms. The lowest BCUT2D eigenvalue weighted by atomic mass is 10.1. The molecule has 0 aliphatic carbocycles. The molecule has 0 unspecified atom stereocenters. The van der Waals surface area contributed by atoms with Crippen LogP contribution in [0.4, 0.5) is 0 Å². The molecule has 1 saturated heterocycles. The predicted octanol–water partition coefficient (Wildman–Crippen LogP) is 1.35. The molecule has 0 aromatic heterocycles. The van der Waals surface area contributed by atoms with Crippen LogP contribution in [0, 0.1) is 0 Å². The van der Waals surface area contributed by atoms with Gasteiger partial charge >= 0.3 is 0 Å². The van der Waals surface area contributed by atoms with Crippen molar-refractivity contribution in [2.45, 2.75) is 31.7 Å². The number of hydrogen-bond donors (Lipinski definition) is 1. The zero-order chi connectivity index (χ0) is 15.5. The van der Waals surface area contributed by atoms with Crippen LogP contribution in [0.3, 0.4) is 0 Å². The summed E-state index contributed by atoms with van der Waals surface area (Å²) in [6.45, 7) is 5.86. The van der Waals surface area contributed by atoms with E-state index in [9.17, 15) is 8.42 Å². The summed E-state index contributed by atoms with van der Waals surface area (Å²) in [5.41, 5.74) is 1.43.